The van der Waals surface area contributed by atoms with Crippen LogP contribution in [0.4, 0.5) is 15.8 Å². The predicted octanol–water partition coefficient (Wildman–Crippen LogP) is 3.21. The van der Waals surface area contributed by atoms with E-state index in [1.807, 2.05) is 0 Å². The van der Waals surface area contributed by atoms with Gasteiger partial charge in [-0.1, -0.05) is 0 Å². The molecule has 0 saturated carbocycles. The van der Waals surface area contributed by atoms with Gasteiger partial charge >= 0.3 is 0 Å². The molecule has 1 aromatic carbocycles. The molecule has 0 aliphatic heterocycles. The van der Waals surface area contributed by atoms with E-state index in [0.29, 0.717) is 11.5 Å². The number of nitro groups is 1. The third-order valence-corrected chi connectivity index (χ3v) is 3.14. The fourth-order valence-corrected chi connectivity index (χ4v) is 1.95. The first-order chi connectivity index (χ1) is 9.47. The van der Waals surface area contributed by atoms with E-state index in [4.69, 9.17) is 0 Å². The average molecular weight is 341 g/mol. The molecule has 104 valence electrons. The van der Waals surface area contributed by atoms with E-state index in [1.165, 1.54) is 0 Å². The summed E-state index contributed by atoms with van der Waals surface area (Å²) >= 11 is 2.93. The molecular formula is C12H10BrFN4O2. The molecule has 0 aliphatic carbocycles. The van der Waals surface area contributed by atoms with Gasteiger partial charge in [0, 0.05) is 18.3 Å². The second-order valence-electron chi connectivity index (χ2n) is 3.99. The van der Waals surface area contributed by atoms with Crippen molar-refractivity contribution in [1.29, 1.82) is 0 Å². The van der Waals surface area contributed by atoms with Gasteiger partial charge in [0.1, 0.15) is 17.3 Å². The maximum atomic E-state index is 13.5. The molecule has 1 aromatic heterocycles. The molecule has 2 rings (SSSR count). The summed E-state index contributed by atoms with van der Waals surface area (Å²) in [7, 11) is 0. The second-order valence-corrected chi connectivity index (χ2v) is 4.84. The molecule has 0 amide bonds. The lowest BCUT2D eigenvalue weighted by Crippen LogP contribution is -2.06. The minimum atomic E-state index is -0.572. The summed E-state index contributed by atoms with van der Waals surface area (Å²) in [6.45, 7) is 1.98. The highest BCUT2D eigenvalue weighted by molar-refractivity contribution is 9.10. The summed E-state index contributed by atoms with van der Waals surface area (Å²) in [5, 5.41) is 13.8. The van der Waals surface area contributed by atoms with E-state index >= 15 is 0 Å². The molecule has 0 atom stereocenters. The molecule has 0 saturated heterocycles. The van der Waals surface area contributed by atoms with Crippen LogP contribution in [-0.2, 0) is 6.54 Å². The zero-order valence-electron chi connectivity index (χ0n) is 10.4. The number of nitrogens with one attached hydrogen (secondary N) is 1. The van der Waals surface area contributed by atoms with Gasteiger partial charge in [0.2, 0.25) is 0 Å². The van der Waals surface area contributed by atoms with Crippen molar-refractivity contribution in [2.75, 3.05) is 5.32 Å². The number of rotatable bonds is 4. The number of hydrogen-bond acceptors (Lipinski definition) is 5. The molecular weight excluding hydrogens is 331 g/mol. The van der Waals surface area contributed by atoms with E-state index in [1.54, 1.807) is 19.2 Å². The van der Waals surface area contributed by atoms with Gasteiger partial charge < -0.3 is 5.32 Å². The molecule has 6 nitrogen and oxygen atoms in total. The SMILES string of the molecule is Cc1nccc(CNc2cc(F)c(Br)cc2[N+](=O)[O-])n1. The fraction of sp³-hybridized carbons (Fsp3) is 0.167. The van der Waals surface area contributed by atoms with Crippen LogP contribution in [0.1, 0.15) is 11.5 Å². The van der Waals surface area contributed by atoms with Crippen molar-refractivity contribution in [1.82, 2.24) is 9.97 Å². The number of halogens is 2. The van der Waals surface area contributed by atoms with E-state index in [2.05, 4.69) is 31.2 Å². The van der Waals surface area contributed by atoms with Gasteiger partial charge in [-0.25, -0.2) is 14.4 Å². The Kier molecular flexibility index (Phi) is 4.23. The molecule has 0 radical (unpaired) electrons. The lowest BCUT2D eigenvalue weighted by Gasteiger charge is -2.08. The quantitative estimate of drug-likeness (QED) is 0.682. The molecule has 8 heteroatoms. The molecule has 0 unspecified atom stereocenters. The molecule has 0 bridgehead atoms. The van der Waals surface area contributed by atoms with Crippen LogP contribution in [0.5, 0.6) is 0 Å². The lowest BCUT2D eigenvalue weighted by molar-refractivity contribution is -0.384. The van der Waals surface area contributed by atoms with Crippen molar-refractivity contribution in [2.45, 2.75) is 13.5 Å². The van der Waals surface area contributed by atoms with Crippen LogP contribution in [0, 0.1) is 22.9 Å². The Morgan fingerprint density at radius 1 is 1.50 bits per heavy atom. The highest BCUT2D eigenvalue weighted by Crippen LogP contribution is 2.30. The maximum Gasteiger partial charge on any atom is 0.293 e. The Hall–Kier alpha value is -2.09. The zero-order valence-corrected chi connectivity index (χ0v) is 12.0. The maximum absolute atomic E-state index is 13.5. The summed E-state index contributed by atoms with van der Waals surface area (Å²) in [5.74, 6) is 0.0257. The van der Waals surface area contributed by atoms with Crippen molar-refractivity contribution in [2.24, 2.45) is 0 Å². The summed E-state index contributed by atoms with van der Waals surface area (Å²) in [4.78, 5) is 18.5. The molecule has 0 fully saturated rings. The Bertz CT molecular complexity index is 666. The summed E-state index contributed by atoms with van der Waals surface area (Å²) in [6, 6.07) is 3.89. The van der Waals surface area contributed by atoms with Crippen molar-refractivity contribution in [3.05, 3.63) is 56.3 Å². The van der Waals surface area contributed by atoms with Gasteiger partial charge in [0.15, 0.2) is 0 Å². The third kappa shape index (κ3) is 3.27. The number of aryl methyl sites for hydroxylation is 1. The topological polar surface area (TPSA) is 81.0 Å². The Balaban J connectivity index is 2.24. The van der Waals surface area contributed by atoms with Crippen LogP contribution in [-0.4, -0.2) is 14.9 Å². The standard InChI is InChI=1S/C12H10BrFN4O2/c1-7-15-3-2-8(17-7)6-16-11-5-10(14)9(13)4-12(11)18(19)20/h2-5,16H,6H2,1H3. The molecule has 0 spiro atoms. The minimum Gasteiger partial charge on any atom is -0.374 e. The monoisotopic (exact) mass is 340 g/mol. The number of nitrogens with zero attached hydrogens (tertiary/aromatic N) is 3. The third-order valence-electron chi connectivity index (χ3n) is 2.53. The second kappa shape index (κ2) is 5.91. The summed E-state index contributed by atoms with van der Waals surface area (Å²) in [6.07, 6.45) is 1.59. The first kappa shape index (κ1) is 14.3. The highest BCUT2D eigenvalue weighted by atomic mass is 79.9. The van der Waals surface area contributed by atoms with Gasteiger partial charge in [-0.15, -0.1) is 0 Å². The molecule has 20 heavy (non-hydrogen) atoms. The van der Waals surface area contributed by atoms with E-state index in [0.717, 1.165) is 12.1 Å². The molecule has 0 aliphatic rings. The lowest BCUT2D eigenvalue weighted by atomic mass is 10.2. The predicted molar refractivity (Wildman–Crippen MR) is 74.9 cm³/mol. The number of aromatic nitrogens is 2. The Morgan fingerprint density at radius 3 is 2.90 bits per heavy atom. The zero-order chi connectivity index (χ0) is 14.7. The van der Waals surface area contributed by atoms with Crippen molar-refractivity contribution in [3.63, 3.8) is 0 Å². The van der Waals surface area contributed by atoms with Gasteiger partial charge in [-0.3, -0.25) is 10.1 Å². The Morgan fingerprint density at radius 2 is 2.25 bits per heavy atom. The van der Waals surface area contributed by atoms with Crippen molar-refractivity contribution >= 4 is 27.3 Å². The van der Waals surface area contributed by atoms with E-state index < -0.39 is 10.7 Å². The molecule has 1 N–H and O–H groups in total. The first-order valence-electron chi connectivity index (χ1n) is 5.63. The van der Waals surface area contributed by atoms with Crippen LogP contribution in [0.15, 0.2) is 28.9 Å². The fourth-order valence-electron chi connectivity index (χ4n) is 1.62. The first-order valence-corrected chi connectivity index (χ1v) is 6.42. The molecule has 2 aromatic rings. The van der Waals surface area contributed by atoms with E-state index in [-0.39, 0.29) is 22.4 Å². The van der Waals surface area contributed by atoms with Crippen LogP contribution in [0.25, 0.3) is 0 Å². The molecule has 1 heterocycles. The van der Waals surface area contributed by atoms with Crippen molar-refractivity contribution in [3.8, 4) is 0 Å². The van der Waals surface area contributed by atoms with Gasteiger partial charge in [-0.2, -0.15) is 0 Å². The summed E-state index contributed by atoms with van der Waals surface area (Å²) in [5.41, 5.74) is 0.561. The smallest absolute Gasteiger partial charge is 0.293 e. The van der Waals surface area contributed by atoms with Gasteiger partial charge in [0.05, 0.1) is 21.6 Å². The number of hydrogen-bond donors (Lipinski definition) is 1. The summed E-state index contributed by atoms with van der Waals surface area (Å²) < 4.78 is 13.5. The minimum absolute atomic E-state index is 0.0487. The van der Waals surface area contributed by atoms with Crippen LogP contribution >= 0.6 is 15.9 Å². The normalized spacial score (nSPS) is 10.3. The van der Waals surface area contributed by atoms with Gasteiger partial charge in [0.25, 0.3) is 5.69 Å². The number of benzene rings is 1. The van der Waals surface area contributed by atoms with E-state index in [9.17, 15) is 14.5 Å². The van der Waals surface area contributed by atoms with Crippen LogP contribution < -0.4 is 5.32 Å². The largest absolute Gasteiger partial charge is 0.374 e. The van der Waals surface area contributed by atoms with Gasteiger partial charge in [-0.05, 0) is 28.9 Å². The Labute approximate surface area is 122 Å². The number of anilines is 1. The van der Waals surface area contributed by atoms with Crippen LogP contribution in [0.3, 0.4) is 0 Å². The average Bonchev–Trinajstić information content (AvgIpc) is 2.39. The van der Waals surface area contributed by atoms with Crippen molar-refractivity contribution < 1.29 is 9.31 Å². The van der Waals surface area contributed by atoms with Crippen LogP contribution in [0.2, 0.25) is 0 Å². The number of nitro benzene ring substituents is 1. The highest BCUT2D eigenvalue weighted by Gasteiger charge is 2.17.